The zero-order chi connectivity index (χ0) is 24.3. The van der Waals surface area contributed by atoms with Crippen molar-refractivity contribution in [3.8, 4) is 11.4 Å². The number of aromatic nitrogens is 3. The zero-order valence-electron chi connectivity index (χ0n) is 21.0. The first-order valence-electron chi connectivity index (χ1n) is 12.2. The molecule has 3 aromatic rings. The van der Waals surface area contributed by atoms with Gasteiger partial charge in [0, 0.05) is 18.7 Å². The molecule has 4 rings (SSSR count). The van der Waals surface area contributed by atoms with Crippen molar-refractivity contribution in [3.63, 3.8) is 0 Å². The summed E-state index contributed by atoms with van der Waals surface area (Å²) in [7, 11) is 0. The fourth-order valence-electron chi connectivity index (χ4n) is 4.72. The number of hydrogen-bond acceptors (Lipinski definition) is 4. The van der Waals surface area contributed by atoms with Crippen LogP contribution in [0, 0.1) is 11.8 Å². The van der Waals surface area contributed by atoms with Gasteiger partial charge in [0.25, 0.3) is 0 Å². The Morgan fingerprint density at radius 3 is 2.24 bits per heavy atom. The van der Waals surface area contributed by atoms with E-state index in [1.807, 2.05) is 23.1 Å². The monoisotopic (exact) mass is 476 g/mol. The predicted molar refractivity (Wildman–Crippen MR) is 140 cm³/mol. The van der Waals surface area contributed by atoms with E-state index < -0.39 is 0 Å². The summed E-state index contributed by atoms with van der Waals surface area (Å²) >= 11 is 1.49. The molecule has 6 heteroatoms. The van der Waals surface area contributed by atoms with Crippen LogP contribution in [0.2, 0.25) is 0 Å². The molecule has 1 fully saturated rings. The fraction of sp³-hybridized carbons (Fsp3) is 0.464. The summed E-state index contributed by atoms with van der Waals surface area (Å²) in [5, 5.41) is 9.85. The number of rotatable bonds is 6. The second-order valence-corrected chi connectivity index (χ2v) is 11.7. The van der Waals surface area contributed by atoms with E-state index in [2.05, 4.69) is 85.8 Å². The molecule has 1 saturated heterocycles. The number of hydrogen-bond donors (Lipinski definition) is 0. The summed E-state index contributed by atoms with van der Waals surface area (Å²) in [6.07, 6.45) is 1.19. The highest BCUT2D eigenvalue weighted by atomic mass is 32.2. The molecule has 0 bridgehead atoms. The van der Waals surface area contributed by atoms with Gasteiger partial charge in [-0.05, 0) is 34.8 Å². The third-order valence-corrected chi connectivity index (χ3v) is 7.41. The largest absolute Gasteiger partial charge is 0.341 e. The highest BCUT2D eigenvalue weighted by Gasteiger charge is 2.26. The van der Waals surface area contributed by atoms with Crippen LogP contribution in [0.1, 0.15) is 52.2 Å². The van der Waals surface area contributed by atoms with Crippen molar-refractivity contribution in [2.45, 2.75) is 58.2 Å². The van der Waals surface area contributed by atoms with Gasteiger partial charge in [0.15, 0.2) is 11.0 Å². The molecule has 34 heavy (non-hydrogen) atoms. The number of amides is 1. The molecule has 0 N–H and O–H groups in total. The summed E-state index contributed by atoms with van der Waals surface area (Å²) in [5.41, 5.74) is 3.60. The van der Waals surface area contributed by atoms with E-state index in [9.17, 15) is 4.79 Å². The first kappa shape index (κ1) is 24.5. The maximum Gasteiger partial charge on any atom is 0.233 e. The van der Waals surface area contributed by atoms with Crippen molar-refractivity contribution in [1.82, 2.24) is 19.7 Å². The maximum absolute atomic E-state index is 13.0. The summed E-state index contributed by atoms with van der Waals surface area (Å²) < 4.78 is 2.14. The first-order valence-corrected chi connectivity index (χ1v) is 13.2. The fourth-order valence-corrected chi connectivity index (χ4v) is 5.56. The van der Waals surface area contributed by atoms with Gasteiger partial charge >= 0.3 is 0 Å². The molecule has 5 nitrogen and oxygen atoms in total. The summed E-state index contributed by atoms with van der Waals surface area (Å²) in [6.45, 7) is 13.5. The van der Waals surface area contributed by atoms with Gasteiger partial charge in [-0.2, -0.15) is 0 Å². The quantitative estimate of drug-likeness (QED) is 0.417. The lowest BCUT2D eigenvalue weighted by atomic mass is 9.87. The average molecular weight is 477 g/mol. The van der Waals surface area contributed by atoms with Gasteiger partial charge in [0.2, 0.25) is 5.91 Å². The number of benzene rings is 2. The smallest absolute Gasteiger partial charge is 0.233 e. The minimum atomic E-state index is 0.0983. The highest BCUT2D eigenvalue weighted by molar-refractivity contribution is 7.99. The lowest BCUT2D eigenvalue weighted by molar-refractivity contribution is -0.130. The summed E-state index contributed by atoms with van der Waals surface area (Å²) in [4.78, 5) is 15.0. The second-order valence-electron chi connectivity index (χ2n) is 10.7. The Bertz CT molecular complexity index is 1090. The van der Waals surface area contributed by atoms with Crippen molar-refractivity contribution in [3.05, 3.63) is 65.7 Å². The highest BCUT2D eigenvalue weighted by Crippen LogP contribution is 2.29. The Labute approximate surface area is 208 Å². The van der Waals surface area contributed by atoms with Gasteiger partial charge in [-0.1, -0.05) is 101 Å². The standard InChI is InChI=1S/C28H36N4OS/c1-20-15-21(2)17-31(16-20)25(33)19-34-27-30-29-26(32(27)18-22-9-7-6-8-10-22)23-11-13-24(14-12-23)28(3,4)5/h6-14,20-21H,15-19H2,1-5H3. The van der Waals surface area contributed by atoms with Crippen molar-refractivity contribution < 1.29 is 4.79 Å². The Morgan fingerprint density at radius 2 is 1.62 bits per heavy atom. The Hall–Kier alpha value is -2.60. The number of piperidine rings is 1. The van der Waals surface area contributed by atoms with Crippen LogP contribution in [0.15, 0.2) is 59.8 Å². The molecule has 1 aliphatic rings. The summed E-state index contributed by atoms with van der Waals surface area (Å²) in [6, 6.07) is 18.9. The molecule has 1 aliphatic heterocycles. The van der Waals surface area contributed by atoms with E-state index in [0.29, 0.717) is 24.1 Å². The maximum atomic E-state index is 13.0. The molecule has 0 spiro atoms. The topological polar surface area (TPSA) is 51.0 Å². The van der Waals surface area contributed by atoms with Crippen LogP contribution in [-0.2, 0) is 16.8 Å². The molecule has 180 valence electrons. The number of thioether (sulfide) groups is 1. The molecular formula is C28H36N4OS. The van der Waals surface area contributed by atoms with Crippen LogP contribution in [0.25, 0.3) is 11.4 Å². The van der Waals surface area contributed by atoms with Gasteiger partial charge in [0.1, 0.15) is 0 Å². The van der Waals surface area contributed by atoms with Gasteiger partial charge in [-0.15, -0.1) is 10.2 Å². The predicted octanol–water partition coefficient (Wildman–Crippen LogP) is 5.89. The molecule has 2 unspecified atom stereocenters. The average Bonchev–Trinajstić information content (AvgIpc) is 3.19. The van der Waals surface area contributed by atoms with Crippen LogP contribution in [0.4, 0.5) is 0 Å². The number of likely N-dealkylation sites (tertiary alicyclic amines) is 1. The molecule has 2 atom stereocenters. The number of carbonyl (C=O) groups excluding carboxylic acids is 1. The minimum Gasteiger partial charge on any atom is -0.341 e. The molecule has 2 heterocycles. The zero-order valence-corrected chi connectivity index (χ0v) is 21.8. The lowest BCUT2D eigenvalue weighted by Gasteiger charge is -2.35. The Balaban J connectivity index is 1.57. The normalized spacial score (nSPS) is 18.8. The van der Waals surface area contributed by atoms with Gasteiger partial charge in [-0.25, -0.2) is 0 Å². The number of carbonyl (C=O) groups is 1. The van der Waals surface area contributed by atoms with E-state index in [4.69, 9.17) is 0 Å². The molecule has 0 saturated carbocycles. The first-order chi connectivity index (χ1) is 16.2. The molecule has 0 aliphatic carbocycles. The molecular weight excluding hydrogens is 440 g/mol. The third-order valence-electron chi connectivity index (χ3n) is 6.46. The van der Waals surface area contributed by atoms with E-state index in [1.54, 1.807) is 0 Å². The van der Waals surface area contributed by atoms with Crippen LogP contribution in [-0.4, -0.2) is 44.4 Å². The van der Waals surface area contributed by atoms with Gasteiger partial charge in [0.05, 0.1) is 12.3 Å². The van der Waals surface area contributed by atoms with Crippen molar-refractivity contribution >= 4 is 17.7 Å². The molecule has 0 radical (unpaired) electrons. The van der Waals surface area contributed by atoms with E-state index in [0.717, 1.165) is 29.6 Å². The molecule has 1 amide bonds. The van der Waals surface area contributed by atoms with Gasteiger partial charge < -0.3 is 4.90 Å². The minimum absolute atomic E-state index is 0.0983. The van der Waals surface area contributed by atoms with Crippen molar-refractivity contribution in [2.24, 2.45) is 11.8 Å². The SMILES string of the molecule is CC1CC(C)CN(C(=O)CSc2nnc(-c3ccc(C(C)(C)C)cc3)n2Cc2ccccc2)C1. The van der Waals surface area contributed by atoms with Gasteiger partial charge in [-0.3, -0.25) is 9.36 Å². The number of nitrogens with zero attached hydrogens (tertiary/aromatic N) is 4. The van der Waals surface area contributed by atoms with Crippen LogP contribution in [0.5, 0.6) is 0 Å². The van der Waals surface area contributed by atoms with E-state index in [-0.39, 0.29) is 11.3 Å². The molecule has 2 aromatic carbocycles. The second kappa shape index (κ2) is 10.3. The Morgan fingerprint density at radius 1 is 0.971 bits per heavy atom. The van der Waals surface area contributed by atoms with Crippen molar-refractivity contribution in [2.75, 3.05) is 18.8 Å². The van der Waals surface area contributed by atoms with Crippen LogP contribution >= 0.6 is 11.8 Å². The third kappa shape index (κ3) is 5.90. The Kier molecular flexibility index (Phi) is 7.46. The molecule has 1 aromatic heterocycles. The lowest BCUT2D eigenvalue weighted by Crippen LogP contribution is -2.43. The van der Waals surface area contributed by atoms with E-state index >= 15 is 0 Å². The summed E-state index contributed by atoms with van der Waals surface area (Å²) in [5.74, 6) is 2.52. The van der Waals surface area contributed by atoms with Crippen LogP contribution < -0.4 is 0 Å². The van der Waals surface area contributed by atoms with E-state index in [1.165, 1.54) is 29.3 Å². The van der Waals surface area contributed by atoms with Crippen LogP contribution in [0.3, 0.4) is 0 Å². The van der Waals surface area contributed by atoms with Crippen molar-refractivity contribution in [1.29, 1.82) is 0 Å².